The summed E-state index contributed by atoms with van der Waals surface area (Å²) in [6, 6.07) is 6.85. The van der Waals surface area contributed by atoms with Crippen LogP contribution in [-0.4, -0.2) is 36.8 Å². The second-order valence-corrected chi connectivity index (χ2v) is 8.11. The topological polar surface area (TPSA) is 74.6 Å². The molecule has 0 fully saturated rings. The van der Waals surface area contributed by atoms with E-state index < -0.39 is 26.6 Å². The van der Waals surface area contributed by atoms with Crippen molar-refractivity contribution in [1.82, 2.24) is 0 Å². The monoisotopic (exact) mass is 304 g/mol. The van der Waals surface area contributed by atoms with E-state index in [2.05, 4.69) is 0 Å². The predicted octanol–water partition coefficient (Wildman–Crippen LogP) is 1.21. The molecule has 6 heteroatoms. The van der Waals surface area contributed by atoms with Gasteiger partial charge in [0, 0.05) is 0 Å². The van der Waals surface area contributed by atoms with Crippen molar-refractivity contribution < 1.29 is 19.8 Å². The molecule has 1 aromatic carbocycles. The van der Waals surface area contributed by atoms with Gasteiger partial charge in [-0.15, -0.1) is 0 Å². The van der Waals surface area contributed by atoms with Gasteiger partial charge in [-0.25, -0.2) is 0 Å². The summed E-state index contributed by atoms with van der Waals surface area (Å²) in [5.41, 5.74) is 0. The van der Waals surface area contributed by atoms with Crippen molar-refractivity contribution in [1.29, 1.82) is 0 Å². The zero-order valence-corrected chi connectivity index (χ0v) is 10.9. The average molecular weight is 305 g/mol. The number of carboxylic acid groups (broad SMARTS) is 2. The van der Waals surface area contributed by atoms with Crippen molar-refractivity contribution in [3.63, 3.8) is 0 Å². The van der Waals surface area contributed by atoms with Crippen LogP contribution in [0.1, 0.15) is 0 Å². The van der Waals surface area contributed by atoms with Crippen molar-refractivity contribution in [3.05, 3.63) is 29.3 Å². The van der Waals surface area contributed by atoms with E-state index in [1.165, 1.54) is 0 Å². The number of benzene rings is 1. The van der Waals surface area contributed by atoms with Crippen molar-refractivity contribution in [3.8, 4) is 0 Å². The fourth-order valence-electron chi connectivity index (χ4n) is 1.26. The standard InChI is InChI=1S/C10H10AsClO4/c12-8-4-2-1-3-7(8)11(5-9(13)14)6-10(15)16/h1-4H,5-6H2,(H,13,14)(H,15,16). The quantitative estimate of drug-likeness (QED) is 0.802. The molecule has 0 atom stereocenters. The Hall–Kier alpha value is -0.992. The van der Waals surface area contributed by atoms with Crippen LogP contribution in [0.3, 0.4) is 0 Å². The molecule has 0 bridgehead atoms. The van der Waals surface area contributed by atoms with Crippen molar-refractivity contribution in [2.24, 2.45) is 0 Å². The molecule has 4 nitrogen and oxygen atoms in total. The van der Waals surface area contributed by atoms with E-state index >= 15 is 0 Å². The minimum atomic E-state index is -2.15. The fourth-order valence-corrected chi connectivity index (χ4v) is 5.75. The van der Waals surface area contributed by atoms with Crippen molar-refractivity contribution in [2.45, 2.75) is 10.4 Å². The van der Waals surface area contributed by atoms with Crippen LogP contribution in [0.5, 0.6) is 0 Å². The van der Waals surface area contributed by atoms with Gasteiger partial charge in [-0.2, -0.15) is 0 Å². The molecule has 1 rings (SSSR count). The zero-order chi connectivity index (χ0) is 12.1. The van der Waals surface area contributed by atoms with Gasteiger partial charge in [0.15, 0.2) is 0 Å². The number of hydrogen-bond donors (Lipinski definition) is 2. The first-order chi connectivity index (χ1) is 7.50. The van der Waals surface area contributed by atoms with Gasteiger partial charge in [0.25, 0.3) is 0 Å². The van der Waals surface area contributed by atoms with Crippen molar-refractivity contribution >= 4 is 42.5 Å². The number of hydrogen-bond acceptors (Lipinski definition) is 2. The van der Waals surface area contributed by atoms with Crippen LogP contribution in [0.4, 0.5) is 0 Å². The zero-order valence-electron chi connectivity index (χ0n) is 8.26. The van der Waals surface area contributed by atoms with E-state index in [-0.39, 0.29) is 10.4 Å². The summed E-state index contributed by atoms with van der Waals surface area (Å²) in [4.78, 5) is 21.4. The van der Waals surface area contributed by atoms with Gasteiger partial charge in [-0.3, -0.25) is 0 Å². The van der Waals surface area contributed by atoms with Gasteiger partial charge in [-0.05, 0) is 0 Å². The number of halogens is 1. The van der Waals surface area contributed by atoms with Crippen LogP contribution in [0.15, 0.2) is 24.3 Å². The van der Waals surface area contributed by atoms with Gasteiger partial charge in [0.2, 0.25) is 0 Å². The molecule has 0 heterocycles. The average Bonchev–Trinajstić information content (AvgIpc) is 2.15. The van der Waals surface area contributed by atoms with Crippen LogP contribution >= 0.6 is 11.6 Å². The van der Waals surface area contributed by atoms with E-state index in [1.54, 1.807) is 24.3 Å². The summed E-state index contributed by atoms with van der Waals surface area (Å²) >= 11 is 3.78. The molecule has 86 valence electrons. The summed E-state index contributed by atoms with van der Waals surface area (Å²) in [7, 11) is 0. The number of aliphatic carboxylic acids is 2. The molecule has 0 unspecified atom stereocenters. The van der Waals surface area contributed by atoms with Gasteiger partial charge in [0.05, 0.1) is 0 Å². The minimum absolute atomic E-state index is 0.0942. The fraction of sp³-hybridized carbons (Fsp3) is 0.200. The maximum atomic E-state index is 10.7. The molecule has 16 heavy (non-hydrogen) atoms. The van der Waals surface area contributed by atoms with E-state index in [9.17, 15) is 9.59 Å². The molecule has 0 spiro atoms. The Kier molecular flexibility index (Phi) is 4.84. The summed E-state index contributed by atoms with van der Waals surface area (Å²) in [6.07, 6.45) is 0. The summed E-state index contributed by atoms with van der Waals surface area (Å²) in [5.74, 6) is -1.94. The van der Waals surface area contributed by atoms with Gasteiger partial charge < -0.3 is 0 Å². The second kappa shape index (κ2) is 5.92. The van der Waals surface area contributed by atoms with Crippen LogP contribution in [0.2, 0.25) is 15.4 Å². The van der Waals surface area contributed by atoms with E-state index in [1.807, 2.05) is 0 Å². The number of rotatable bonds is 5. The molecule has 1 aromatic rings. The van der Waals surface area contributed by atoms with Gasteiger partial charge >= 0.3 is 102 Å². The normalized spacial score (nSPS) is 10.4. The Bertz CT molecular complexity index is 392. The Morgan fingerprint density at radius 2 is 1.62 bits per heavy atom. The first-order valence-electron chi connectivity index (χ1n) is 4.43. The predicted molar refractivity (Wildman–Crippen MR) is 61.7 cm³/mol. The molecule has 0 amide bonds. The number of carbonyl (C=O) groups is 2. The summed E-state index contributed by atoms with van der Waals surface area (Å²) in [6.45, 7) is 0. The van der Waals surface area contributed by atoms with E-state index in [0.29, 0.717) is 9.37 Å². The Morgan fingerprint density at radius 3 is 2.06 bits per heavy atom. The van der Waals surface area contributed by atoms with Crippen LogP contribution in [-0.2, 0) is 9.59 Å². The molecule has 2 N–H and O–H groups in total. The first-order valence-corrected chi connectivity index (χ1v) is 8.41. The molecule has 0 aliphatic carbocycles. The van der Waals surface area contributed by atoms with E-state index in [0.717, 1.165) is 0 Å². The Morgan fingerprint density at radius 1 is 1.12 bits per heavy atom. The molecule has 0 aliphatic heterocycles. The molecule has 0 aliphatic rings. The van der Waals surface area contributed by atoms with Crippen LogP contribution in [0, 0.1) is 0 Å². The molecule has 0 radical (unpaired) electrons. The molecule has 0 saturated heterocycles. The number of carboxylic acids is 2. The maximum absolute atomic E-state index is 10.7. The summed E-state index contributed by atoms with van der Waals surface area (Å²) in [5, 5.41) is 17.8. The third-order valence-corrected chi connectivity index (χ3v) is 7.45. The molecular formula is C10H10AsClO4. The van der Waals surface area contributed by atoms with Crippen LogP contribution in [0.25, 0.3) is 0 Å². The third-order valence-electron chi connectivity index (χ3n) is 1.85. The molecular weight excluding hydrogens is 294 g/mol. The van der Waals surface area contributed by atoms with Gasteiger partial charge in [0.1, 0.15) is 0 Å². The molecule has 0 aromatic heterocycles. The Balaban J connectivity index is 2.96. The summed E-state index contributed by atoms with van der Waals surface area (Å²) < 4.78 is 0.710. The Labute approximate surface area is 102 Å². The SMILES string of the molecule is O=C(O)C[As](CC(=O)O)c1ccccc1Cl. The third kappa shape index (κ3) is 3.87. The molecule has 0 saturated carbocycles. The second-order valence-electron chi connectivity index (χ2n) is 3.09. The van der Waals surface area contributed by atoms with Crippen molar-refractivity contribution in [2.75, 3.05) is 0 Å². The van der Waals surface area contributed by atoms with E-state index in [4.69, 9.17) is 21.8 Å². The first kappa shape index (κ1) is 13.1. The van der Waals surface area contributed by atoms with Crippen LogP contribution < -0.4 is 4.35 Å². The van der Waals surface area contributed by atoms with Gasteiger partial charge in [-0.1, -0.05) is 0 Å².